The predicted molar refractivity (Wildman–Crippen MR) is 116 cm³/mol. The third-order valence-corrected chi connectivity index (χ3v) is 5.68. The molecule has 9 heteroatoms. The zero-order valence-electron chi connectivity index (χ0n) is 18.5. The van der Waals surface area contributed by atoms with E-state index in [1.54, 1.807) is 62.6 Å². The Labute approximate surface area is 190 Å². The number of aromatic nitrogens is 2. The molecule has 1 aromatic heterocycles. The van der Waals surface area contributed by atoms with Gasteiger partial charge in [0, 0.05) is 5.56 Å². The van der Waals surface area contributed by atoms with Crippen molar-refractivity contribution < 1.29 is 28.4 Å². The molecule has 0 bridgehead atoms. The SMILES string of the molecule is CC[C@H](C)[C@@H](C(=O)OCc1noc(-c2ccc(OC)cc2)n1)N1C(=O)c2ccccc2C1=O. The summed E-state index contributed by atoms with van der Waals surface area (Å²) in [5.41, 5.74) is 1.25. The van der Waals surface area contributed by atoms with E-state index in [1.807, 2.05) is 6.92 Å². The fraction of sp³-hybridized carbons (Fsp3) is 0.292. The van der Waals surface area contributed by atoms with Gasteiger partial charge in [-0.15, -0.1) is 0 Å². The van der Waals surface area contributed by atoms with Crippen LogP contribution in [0.2, 0.25) is 0 Å². The van der Waals surface area contributed by atoms with Gasteiger partial charge in [0.25, 0.3) is 17.7 Å². The molecular formula is C24H23N3O6. The summed E-state index contributed by atoms with van der Waals surface area (Å²) in [7, 11) is 1.57. The molecule has 0 radical (unpaired) electrons. The molecule has 2 amide bonds. The normalized spacial score (nSPS) is 14.7. The average Bonchev–Trinajstić information content (AvgIpc) is 3.42. The van der Waals surface area contributed by atoms with Gasteiger partial charge in [0.1, 0.15) is 11.8 Å². The maximum atomic E-state index is 13.0. The predicted octanol–water partition coefficient (Wildman–Crippen LogP) is 3.50. The number of ether oxygens (including phenoxy) is 2. The van der Waals surface area contributed by atoms with Crippen LogP contribution in [0.3, 0.4) is 0 Å². The molecule has 1 aliphatic rings. The van der Waals surface area contributed by atoms with Crippen LogP contribution in [0.1, 0.15) is 46.8 Å². The van der Waals surface area contributed by atoms with E-state index in [0.29, 0.717) is 17.7 Å². The standard InChI is InChI=1S/C24H23N3O6/c1-4-14(2)20(27-22(28)17-7-5-6-8-18(17)23(27)29)24(30)32-13-19-25-21(33-26-19)15-9-11-16(31-3)12-10-15/h5-12,14,20H,4,13H2,1-3H3/t14-,20-/m0/s1. The lowest BCUT2D eigenvalue weighted by Gasteiger charge is -2.28. The smallest absolute Gasteiger partial charge is 0.330 e. The largest absolute Gasteiger partial charge is 0.497 e. The molecule has 2 heterocycles. The Bertz CT molecular complexity index is 1150. The molecule has 170 valence electrons. The van der Waals surface area contributed by atoms with Crippen LogP contribution in [0, 0.1) is 5.92 Å². The minimum atomic E-state index is -1.06. The van der Waals surface area contributed by atoms with Crippen LogP contribution >= 0.6 is 0 Å². The maximum Gasteiger partial charge on any atom is 0.330 e. The van der Waals surface area contributed by atoms with Crippen LogP contribution in [0.15, 0.2) is 53.1 Å². The summed E-state index contributed by atoms with van der Waals surface area (Å²) in [6.45, 7) is 3.42. The molecule has 9 nitrogen and oxygen atoms in total. The van der Waals surface area contributed by atoms with Gasteiger partial charge >= 0.3 is 5.97 Å². The lowest BCUT2D eigenvalue weighted by molar-refractivity contribution is -0.151. The van der Waals surface area contributed by atoms with Crippen molar-refractivity contribution >= 4 is 17.8 Å². The van der Waals surface area contributed by atoms with Crippen molar-refractivity contribution in [2.45, 2.75) is 32.9 Å². The van der Waals surface area contributed by atoms with E-state index in [2.05, 4.69) is 10.1 Å². The first-order valence-electron chi connectivity index (χ1n) is 10.5. The van der Waals surface area contributed by atoms with Crippen molar-refractivity contribution in [3.63, 3.8) is 0 Å². The Morgan fingerprint density at radius 1 is 1.06 bits per heavy atom. The molecule has 0 fully saturated rings. The van der Waals surface area contributed by atoms with Gasteiger partial charge in [0.05, 0.1) is 18.2 Å². The molecule has 0 saturated heterocycles. The van der Waals surface area contributed by atoms with Crippen LogP contribution in [0.4, 0.5) is 0 Å². The lowest BCUT2D eigenvalue weighted by Crippen LogP contribution is -2.49. The highest BCUT2D eigenvalue weighted by Gasteiger charge is 2.45. The number of rotatable bonds is 8. The summed E-state index contributed by atoms with van der Waals surface area (Å²) < 4.78 is 15.8. The lowest BCUT2D eigenvalue weighted by atomic mass is 9.97. The third kappa shape index (κ3) is 4.21. The van der Waals surface area contributed by atoms with E-state index >= 15 is 0 Å². The Kier molecular flexibility index (Phi) is 6.21. The van der Waals surface area contributed by atoms with E-state index in [4.69, 9.17) is 14.0 Å². The number of nitrogens with zero attached hydrogens (tertiary/aromatic N) is 3. The number of imide groups is 1. The highest BCUT2D eigenvalue weighted by atomic mass is 16.5. The van der Waals surface area contributed by atoms with E-state index in [1.165, 1.54) is 0 Å². The van der Waals surface area contributed by atoms with E-state index in [0.717, 1.165) is 4.90 Å². The van der Waals surface area contributed by atoms with Crippen molar-refractivity contribution in [1.82, 2.24) is 15.0 Å². The highest BCUT2D eigenvalue weighted by molar-refractivity contribution is 6.22. The number of fused-ring (bicyclic) bond motifs is 1. The monoisotopic (exact) mass is 449 g/mol. The third-order valence-electron chi connectivity index (χ3n) is 5.68. The van der Waals surface area contributed by atoms with Crippen LogP contribution in [0.5, 0.6) is 5.75 Å². The van der Waals surface area contributed by atoms with Crippen molar-refractivity contribution in [1.29, 1.82) is 0 Å². The minimum Gasteiger partial charge on any atom is -0.497 e. The molecule has 2 aromatic carbocycles. The number of hydrogen-bond acceptors (Lipinski definition) is 8. The molecule has 3 aromatic rings. The number of hydrogen-bond donors (Lipinski definition) is 0. The quantitative estimate of drug-likeness (QED) is 0.379. The zero-order chi connectivity index (χ0) is 23.5. The molecule has 33 heavy (non-hydrogen) atoms. The number of carbonyl (C=O) groups excluding carboxylic acids is 3. The number of esters is 1. The average molecular weight is 449 g/mol. The number of amides is 2. The summed E-state index contributed by atoms with van der Waals surface area (Å²) in [6, 6.07) is 12.5. The molecule has 0 saturated carbocycles. The van der Waals surface area contributed by atoms with Gasteiger partial charge in [-0.1, -0.05) is 37.6 Å². The van der Waals surface area contributed by atoms with E-state index in [9.17, 15) is 14.4 Å². The van der Waals surface area contributed by atoms with Crippen LogP contribution in [-0.2, 0) is 16.1 Å². The van der Waals surface area contributed by atoms with Gasteiger partial charge in [-0.3, -0.25) is 14.5 Å². The van der Waals surface area contributed by atoms with Gasteiger partial charge in [-0.25, -0.2) is 4.79 Å². The number of benzene rings is 2. The van der Waals surface area contributed by atoms with Gasteiger partial charge in [0.15, 0.2) is 6.61 Å². The van der Waals surface area contributed by atoms with Gasteiger partial charge in [-0.2, -0.15) is 4.98 Å². The maximum absolute atomic E-state index is 13.0. The first-order chi connectivity index (χ1) is 15.9. The second-order valence-electron chi connectivity index (χ2n) is 7.71. The van der Waals surface area contributed by atoms with Crippen LogP contribution in [-0.4, -0.2) is 46.0 Å². The molecule has 0 aliphatic carbocycles. The van der Waals surface area contributed by atoms with Gasteiger partial charge in [0.2, 0.25) is 5.82 Å². The Hall–Kier alpha value is -4.01. The molecule has 0 unspecified atom stereocenters. The molecule has 0 N–H and O–H groups in total. The molecule has 4 rings (SSSR count). The second kappa shape index (κ2) is 9.23. The second-order valence-corrected chi connectivity index (χ2v) is 7.71. The fourth-order valence-electron chi connectivity index (χ4n) is 3.66. The van der Waals surface area contributed by atoms with Crippen molar-refractivity contribution in [3.05, 3.63) is 65.5 Å². The Morgan fingerprint density at radius 3 is 2.27 bits per heavy atom. The minimum absolute atomic E-state index is 0.166. The number of methoxy groups -OCH3 is 1. The highest BCUT2D eigenvalue weighted by Crippen LogP contribution is 2.29. The molecular weight excluding hydrogens is 426 g/mol. The Balaban J connectivity index is 1.48. The molecule has 0 spiro atoms. The van der Waals surface area contributed by atoms with E-state index < -0.39 is 23.8 Å². The fourth-order valence-corrected chi connectivity index (χ4v) is 3.66. The van der Waals surface area contributed by atoms with Crippen LogP contribution < -0.4 is 4.74 Å². The summed E-state index contributed by atoms with van der Waals surface area (Å²) in [5.74, 6) is -0.883. The molecule has 1 aliphatic heterocycles. The van der Waals surface area contributed by atoms with Gasteiger partial charge in [-0.05, 0) is 42.3 Å². The summed E-state index contributed by atoms with van der Waals surface area (Å²) in [4.78, 5) is 44.1. The first kappa shape index (κ1) is 22.2. The van der Waals surface area contributed by atoms with Crippen molar-refractivity contribution in [2.75, 3.05) is 7.11 Å². The summed E-state index contributed by atoms with van der Waals surface area (Å²) in [5, 5.41) is 3.85. The number of carbonyl (C=O) groups is 3. The first-order valence-corrected chi connectivity index (χ1v) is 10.5. The van der Waals surface area contributed by atoms with Gasteiger partial charge < -0.3 is 14.0 Å². The Morgan fingerprint density at radius 2 is 1.70 bits per heavy atom. The van der Waals surface area contributed by atoms with Crippen molar-refractivity contribution in [2.24, 2.45) is 5.92 Å². The van der Waals surface area contributed by atoms with Crippen LogP contribution in [0.25, 0.3) is 11.5 Å². The topological polar surface area (TPSA) is 112 Å². The molecule has 2 atom stereocenters. The summed E-state index contributed by atoms with van der Waals surface area (Å²) in [6.07, 6.45) is 0.566. The zero-order valence-corrected chi connectivity index (χ0v) is 18.5. The van der Waals surface area contributed by atoms with E-state index in [-0.39, 0.29) is 35.4 Å². The summed E-state index contributed by atoms with van der Waals surface area (Å²) >= 11 is 0. The van der Waals surface area contributed by atoms with Crippen molar-refractivity contribution in [3.8, 4) is 17.2 Å².